The number of hydrogen-bond donors (Lipinski definition) is 0. The highest BCUT2D eigenvalue weighted by Gasteiger charge is 2.39. The number of nitrogens with zero attached hydrogens (tertiary/aromatic N) is 1. The van der Waals surface area contributed by atoms with Gasteiger partial charge in [0.2, 0.25) is 0 Å². The minimum Gasteiger partial charge on any atom is -0.298 e. The van der Waals surface area contributed by atoms with E-state index in [4.69, 9.17) is 0 Å². The molecular formula is C19H19NO3. The first kappa shape index (κ1) is 15.5. The van der Waals surface area contributed by atoms with Gasteiger partial charge in [-0.1, -0.05) is 25.1 Å². The van der Waals surface area contributed by atoms with Gasteiger partial charge in [-0.05, 0) is 30.0 Å². The molecule has 0 saturated heterocycles. The molecule has 1 heterocycles. The van der Waals surface area contributed by atoms with Gasteiger partial charge < -0.3 is 0 Å². The topological polar surface area (TPSA) is 64.1 Å². The first-order valence-electron chi connectivity index (χ1n) is 8.03. The maximum absolute atomic E-state index is 12.3. The van der Waals surface area contributed by atoms with E-state index in [0.29, 0.717) is 12.8 Å². The van der Waals surface area contributed by atoms with Crippen molar-refractivity contribution in [1.82, 2.24) is 4.98 Å². The molecule has 0 amide bonds. The van der Waals surface area contributed by atoms with Crippen molar-refractivity contribution in [2.75, 3.05) is 0 Å². The largest absolute Gasteiger partial charge is 0.298 e. The van der Waals surface area contributed by atoms with Crippen LogP contribution in [-0.2, 0) is 14.4 Å². The van der Waals surface area contributed by atoms with Gasteiger partial charge in [0.15, 0.2) is 17.3 Å². The first-order chi connectivity index (χ1) is 11.1. The maximum atomic E-state index is 12.3. The number of Topliss-reactive ketones (excluding diaryl/α,β-unsaturated/α-hetero) is 3. The summed E-state index contributed by atoms with van der Waals surface area (Å²) in [6, 6.07) is 9.74. The van der Waals surface area contributed by atoms with Gasteiger partial charge in [-0.3, -0.25) is 19.4 Å². The summed E-state index contributed by atoms with van der Waals surface area (Å²) in [6.07, 6.45) is 3.18. The van der Waals surface area contributed by atoms with Crippen molar-refractivity contribution in [3.8, 4) is 0 Å². The molecule has 23 heavy (non-hydrogen) atoms. The number of hydrogen-bond acceptors (Lipinski definition) is 4. The zero-order valence-electron chi connectivity index (χ0n) is 13.1. The summed E-state index contributed by atoms with van der Waals surface area (Å²) in [4.78, 5) is 41.0. The molecule has 4 nitrogen and oxygen atoms in total. The Bertz CT molecular complexity index is 763. The third-order valence-electron chi connectivity index (χ3n) is 4.44. The Morgan fingerprint density at radius 2 is 1.87 bits per heavy atom. The number of carbonyl (C=O) groups excluding carboxylic acids is 3. The molecule has 0 unspecified atom stereocenters. The summed E-state index contributed by atoms with van der Waals surface area (Å²) in [5, 5.41) is 0.995. The van der Waals surface area contributed by atoms with Crippen molar-refractivity contribution in [1.29, 1.82) is 0 Å². The Kier molecular flexibility index (Phi) is 4.33. The normalized spacial score (nSPS) is 21.6. The van der Waals surface area contributed by atoms with Crippen molar-refractivity contribution < 1.29 is 14.4 Å². The predicted molar refractivity (Wildman–Crippen MR) is 87.1 cm³/mol. The number of para-hydroxylation sites is 1. The lowest BCUT2D eigenvalue weighted by molar-refractivity contribution is -0.142. The van der Waals surface area contributed by atoms with Gasteiger partial charge >= 0.3 is 0 Å². The van der Waals surface area contributed by atoms with E-state index in [2.05, 4.69) is 4.98 Å². The van der Waals surface area contributed by atoms with Crippen molar-refractivity contribution in [3.05, 3.63) is 42.1 Å². The number of pyridine rings is 1. The molecule has 0 spiro atoms. The highest BCUT2D eigenvalue weighted by molar-refractivity contribution is 6.21. The number of rotatable bonds is 4. The number of ketones is 3. The summed E-state index contributed by atoms with van der Waals surface area (Å²) in [7, 11) is 0. The Balaban J connectivity index is 1.84. The molecule has 0 bridgehead atoms. The molecule has 1 aromatic carbocycles. The molecule has 3 rings (SSSR count). The fourth-order valence-electron chi connectivity index (χ4n) is 3.27. The molecule has 1 aliphatic carbocycles. The number of benzene rings is 1. The zero-order valence-corrected chi connectivity index (χ0v) is 13.1. The van der Waals surface area contributed by atoms with Crippen molar-refractivity contribution in [2.45, 2.75) is 38.5 Å². The van der Waals surface area contributed by atoms with E-state index in [1.807, 2.05) is 37.3 Å². The Labute approximate surface area is 134 Å². The summed E-state index contributed by atoms with van der Waals surface area (Å²) >= 11 is 0. The van der Waals surface area contributed by atoms with Crippen LogP contribution in [0.2, 0.25) is 0 Å². The van der Waals surface area contributed by atoms with Crippen LogP contribution in [0.15, 0.2) is 36.5 Å². The van der Waals surface area contributed by atoms with Gasteiger partial charge in [0.1, 0.15) is 5.92 Å². The first-order valence-corrected chi connectivity index (χ1v) is 8.03. The lowest BCUT2D eigenvalue weighted by Gasteiger charge is -2.25. The van der Waals surface area contributed by atoms with E-state index in [1.54, 1.807) is 6.20 Å². The van der Waals surface area contributed by atoms with Gasteiger partial charge in [0, 0.05) is 30.8 Å². The van der Waals surface area contributed by atoms with E-state index in [0.717, 1.165) is 16.5 Å². The third-order valence-corrected chi connectivity index (χ3v) is 4.44. The Morgan fingerprint density at radius 3 is 2.57 bits per heavy atom. The van der Waals surface area contributed by atoms with Gasteiger partial charge in [0.05, 0.1) is 5.52 Å². The van der Waals surface area contributed by atoms with Crippen molar-refractivity contribution in [2.24, 2.45) is 5.92 Å². The van der Waals surface area contributed by atoms with Crippen molar-refractivity contribution in [3.63, 3.8) is 0 Å². The van der Waals surface area contributed by atoms with Gasteiger partial charge in [-0.2, -0.15) is 0 Å². The van der Waals surface area contributed by atoms with E-state index >= 15 is 0 Å². The number of aromatic nitrogens is 1. The lowest BCUT2D eigenvalue weighted by Crippen LogP contribution is -2.38. The average Bonchev–Trinajstić information content (AvgIpc) is 2.54. The number of fused-ring (bicyclic) bond motifs is 1. The second-order valence-corrected chi connectivity index (χ2v) is 6.15. The predicted octanol–water partition coefficient (Wildman–Crippen LogP) is 3.24. The molecule has 0 aliphatic heterocycles. The van der Waals surface area contributed by atoms with Crippen LogP contribution in [0.5, 0.6) is 0 Å². The molecule has 1 saturated carbocycles. The summed E-state index contributed by atoms with van der Waals surface area (Å²) < 4.78 is 0. The smallest absolute Gasteiger partial charge is 0.151 e. The molecule has 1 aliphatic rings. The standard InChI is InChI=1S/C19H19NO3/c1-2-5-16(21)19-17(22)9-13(10-18(19)23)14-8-12-6-3-4-7-15(12)20-11-14/h3-4,6-8,11,13,19H,2,5,9-10H2,1H3. The molecule has 0 atom stereocenters. The molecular weight excluding hydrogens is 290 g/mol. The van der Waals surface area contributed by atoms with Crippen molar-refractivity contribution >= 4 is 28.3 Å². The average molecular weight is 309 g/mol. The van der Waals surface area contributed by atoms with Gasteiger partial charge in [-0.25, -0.2) is 0 Å². The van der Waals surface area contributed by atoms with Crippen LogP contribution in [0, 0.1) is 5.92 Å². The highest BCUT2D eigenvalue weighted by Crippen LogP contribution is 2.33. The summed E-state index contributed by atoms with van der Waals surface area (Å²) in [6.45, 7) is 1.87. The quantitative estimate of drug-likeness (QED) is 0.813. The van der Waals surface area contributed by atoms with Gasteiger partial charge in [0.25, 0.3) is 0 Å². The minimum absolute atomic E-state index is 0.169. The van der Waals surface area contributed by atoms with E-state index in [1.165, 1.54) is 0 Å². The van der Waals surface area contributed by atoms with Crippen LogP contribution in [0.4, 0.5) is 0 Å². The molecule has 2 aromatic rings. The van der Waals surface area contributed by atoms with E-state index in [-0.39, 0.29) is 36.1 Å². The zero-order chi connectivity index (χ0) is 16.4. The Morgan fingerprint density at radius 1 is 1.17 bits per heavy atom. The van der Waals surface area contributed by atoms with E-state index < -0.39 is 5.92 Å². The second-order valence-electron chi connectivity index (χ2n) is 6.15. The fourth-order valence-corrected chi connectivity index (χ4v) is 3.27. The van der Waals surface area contributed by atoms with E-state index in [9.17, 15) is 14.4 Å². The third kappa shape index (κ3) is 3.07. The lowest BCUT2D eigenvalue weighted by atomic mass is 9.75. The van der Waals surface area contributed by atoms with Crippen LogP contribution in [0.25, 0.3) is 10.9 Å². The maximum Gasteiger partial charge on any atom is 0.151 e. The molecule has 1 fully saturated rings. The Hall–Kier alpha value is -2.36. The van der Waals surface area contributed by atoms with Crippen LogP contribution in [0.1, 0.15) is 44.1 Å². The van der Waals surface area contributed by atoms with Crippen LogP contribution in [-0.4, -0.2) is 22.3 Å². The fraction of sp³-hybridized carbons (Fsp3) is 0.368. The van der Waals surface area contributed by atoms with Crippen LogP contribution < -0.4 is 0 Å². The summed E-state index contributed by atoms with van der Waals surface area (Å²) in [5.41, 5.74) is 1.78. The molecule has 4 heteroatoms. The SMILES string of the molecule is CCCC(=O)C1C(=O)CC(c2cnc3ccccc3c2)CC1=O. The summed E-state index contributed by atoms with van der Waals surface area (Å²) in [5.74, 6) is -1.90. The van der Waals surface area contributed by atoms with Crippen LogP contribution in [0.3, 0.4) is 0 Å². The molecule has 1 aromatic heterocycles. The number of carbonyl (C=O) groups is 3. The molecule has 0 radical (unpaired) electrons. The molecule has 0 N–H and O–H groups in total. The highest BCUT2D eigenvalue weighted by atomic mass is 16.2. The monoisotopic (exact) mass is 309 g/mol. The second kappa shape index (κ2) is 6.41. The van der Waals surface area contributed by atoms with Crippen LogP contribution >= 0.6 is 0 Å². The molecule has 118 valence electrons. The van der Waals surface area contributed by atoms with Gasteiger partial charge in [-0.15, -0.1) is 0 Å². The minimum atomic E-state index is -1.03.